The molecule has 1 aliphatic rings. The summed E-state index contributed by atoms with van der Waals surface area (Å²) in [6, 6.07) is 19.6. The van der Waals surface area contributed by atoms with Crippen LogP contribution in [-0.2, 0) is 14.4 Å². The number of ether oxygens (including phenoxy) is 2. The van der Waals surface area contributed by atoms with E-state index < -0.39 is 23.6 Å². The molecule has 39 heavy (non-hydrogen) atoms. The lowest BCUT2D eigenvalue weighted by Crippen LogP contribution is -2.36. The molecule has 0 radical (unpaired) electrons. The maximum atomic E-state index is 12.9. The molecular formula is C28H24IN3O6S. The average molecular weight is 657 g/mol. The molecule has 1 saturated heterocycles. The van der Waals surface area contributed by atoms with Crippen molar-refractivity contribution in [3.05, 3.63) is 86.3 Å². The fraction of sp³-hybridized carbons (Fsp3) is 0.143. The van der Waals surface area contributed by atoms with E-state index in [1.165, 1.54) is 7.11 Å². The van der Waals surface area contributed by atoms with Crippen LogP contribution in [0.2, 0.25) is 0 Å². The number of rotatable bonds is 9. The summed E-state index contributed by atoms with van der Waals surface area (Å²) < 4.78 is 11.9. The fourth-order valence-electron chi connectivity index (χ4n) is 3.67. The van der Waals surface area contributed by atoms with Crippen LogP contribution in [0.15, 0.2) is 71.6 Å². The van der Waals surface area contributed by atoms with Crippen molar-refractivity contribution in [2.45, 2.75) is 6.92 Å². The van der Waals surface area contributed by atoms with E-state index in [0.29, 0.717) is 32.0 Å². The van der Waals surface area contributed by atoms with E-state index in [2.05, 4.69) is 10.6 Å². The number of para-hydroxylation sites is 1. The summed E-state index contributed by atoms with van der Waals surface area (Å²) in [5.74, 6) is -0.630. The molecule has 9 nitrogen and oxygen atoms in total. The molecule has 4 rings (SSSR count). The zero-order valence-electron chi connectivity index (χ0n) is 21.0. The highest BCUT2D eigenvalue weighted by Crippen LogP contribution is 2.37. The van der Waals surface area contributed by atoms with Gasteiger partial charge >= 0.3 is 0 Å². The van der Waals surface area contributed by atoms with Crippen molar-refractivity contribution in [3.8, 4) is 11.5 Å². The summed E-state index contributed by atoms with van der Waals surface area (Å²) in [7, 11) is 1.47. The minimum absolute atomic E-state index is 0.177. The summed E-state index contributed by atoms with van der Waals surface area (Å²) in [4.78, 5) is 51.2. The standard InChI is InChI=1S/C28H24IN3O6S/c1-17-7-6-10-20(11-17)31-25(34)16-38-26-21(29)12-18(13-22(26)37-2)14-23-27(35)32(28(36)39-23)15-24(33)30-19-8-4-3-5-9-19/h3-14H,15-16H2,1-2H3,(H,30,33)(H,31,34)/b23-14-. The van der Waals surface area contributed by atoms with E-state index in [1.807, 2.05) is 53.8 Å². The number of methoxy groups -OCH3 is 1. The lowest BCUT2D eigenvalue weighted by molar-refractivity contribution is -0.127. The SMILES string of the molecule is COc1cc(/C=C2\SC(=O)N(CC(=O)Nc3ccccc3)C2=O)cc(I)c1OCC(=O)Nc1cccc(C)c1. The van der Waals surface area contributed by atoms with E-state index in [-0.39, 0.29) is 17.4 Å². The molecule has 200 valence electrons. The molecule has 0 saturated carbocycles. The summed E-state index contributed by atoms with van der Waals surface area (Å²) in [5.41, 5.74) is 2.86. The van der Waals surface area contributed by atoms with Crippen molar-refractivity contribution in [1.82, 2.24) is 4.90 Å². The van der Waals surface area contributed by atoms with Gasteiger partial charge < -0.3 is 20.1 Å². The van der Waals surface area contributed by atoms with E-state index in [1.54, 1.807) is 48.5 Å². The predicted molar refractivity (Wildman–Crippen MR) is 159 cm³/mol. The van der Waals surface area contributed by atoms with Gasteiger partial charge in [0.1, 0.15) is 6.54 Å². The molecule has 1 aliphatic heterocycles. The third kappa shape index (κ3) is 7.39. The van der Waals surface area contributed by atoms with Gasteiger partial charge in [-0.25, -0.2) is 0 Å². The molecule has 0 bridgehead atoms. The van der Waals surface area contributed by atoms with Crippen molar-refractivity contribution in [2.24, 2.45) is 0 Å². The van der Waals surface area contributed by atoms with E-state index in [9.17, 15) is 19.2 Å². The van der Waals surface area contributed by atoms with Crippen molar-refractivity contribution < 1.29 is 28.7 Å². The molecule has 1 heterocycles. The molecule has 0 spiro atoms. The summed E-state index contributed by atoms with van der Waals surface area (Å²) in [6.07, 6.45) is 1.55. The second-order valence-electron chi connectivity index (χ2n) is 8.42. The van der Waals surface area contributed by atoms with Crippen LogP contribution in [0.4, 0.5) is 16.2 Å². The molecule has 3 aromatic carbocycles. The minimum atomic E-state index is -0.560. The quantitative estimate of drug-likeness (QED) is 0.237. The molecule has 0 atom stereocenters. The van der Waals surface area contributed by atoms with Gasteiger partial charge in [0.2, 0.25) is 5.91 Å². The van der Waals surface area contributed by atoms with Gasteiger partial charge in [-0.1, -0.05) is 30.3 Å². The number of nitrogens with one attached hydrogen (secondary N) is 2. The summed E-state index contributed by atoms with van der Waals surface area (Å²) in [6.45, 7) is 1.31. The van der Waals surface area contributed by atoms with Gasteiger partial charge in [-0.05, 0) is 94.9 Å². The zero-order chi connectivity index (χ0) is 27.9. The van der Waals surface area contributed by atoms with Crippen LogP contribution in [0.1, 0.15) is 11.1 Å². The molecule has 4 amide bonds. The Morgan fingerprint density at radius 2 is 1.69 bits per heavy atom. The molecular weight excluding hydrogens is 633 g/mol. The van der Waals surface area contributed by atoms with Gasteiger partial charge in [0.15, 0.2) is 18.1 Å². The molecule has 0 aliphatic carbocycles. The largest absolute Gasteiger partial charge is 0.493 e. The van der Waals surface area contributed by atoms with Gasteiger partial charge in [-0.3, -0.25) is 24.1 Å². The van der Waals surface area contributed by atoms with Gasteiger partial charge in [-0.15, -0.1) is 0 Å². The number of benzene rings is 3. The molecule has 11 heteroatoms. The molecule has 3 aromatic rings. The second-order valence-corrected chi connectivity index (χ2v) is 10.6. The maximum Gasteiger partial charge on any atom is 0.294 e. The van der Waals surface area contributed by atoms with Gasteiger partial charge in [-0.2, -0.15) is 0 Å². The Morgan fingerprint density at radius 1 is 0.974 bits per heavy atom. The third-order valence-corrected chi connectivity index (χ3v) is 7.14. The number of imide groups is 1. The number of anilines is 2. The monoisotopic (exact) mass is 657 g/mol. The highest BCUT2D eigenvalue weighted by molar-refractivity contribution is 14.1. The Labute approximate surface area is 243 Å². The molecule has 0 unspecified atom stereocenters. The van der Waals surface area contributed by atoms with Crippen LogP contribution in [0, 0.1) is 10.5 Å². The third-order valence-electron chi connectivity index (χ3n) is 5.43. The Hall–Kier alpha value is -3.84. The predicted octanol–water partition coefficient (Wildman–Crippen LogP) is 5.30. The van der Waals surface area contributed by atoms with Gasteiger partial charge in [0.25, 0.3) is 17.1 Å². The van der Waals surface area contributed by atoms with E-state index in [0.717, 1.165) is 22.2 Å². The number of hydrogen-bond donors (Lipinski definition) is 2. The van der Waals surface area contributed by atoms with Crippen molar-refractivity contribution in [2.75, 3.05) is 30.9 Å². The average Bonchev–Trinajstić information content (AvgIpc) is 3.15. The van der Waals surface area contributed by atoms with Crippen LogP contribution in [0.3, 0.4) is 0 Å². The molecule has 2 N–H and O–H groups in total. The number of hydrogen-bond acceptors (Lipinski definition) is 7. The number of amides is 4. The van der Waals surface area contributed by atoms with Crippen LogP contribution in [0.5, 0.6) is 11.5 Å². The van der Waals surface area contributed by atoms with Crippen molar-refractivity contribution in [1.29, 1.82) is 0 Å². The number of thioether (sulfide) groups is 1. The van der Waals surface area contributed by atoms with Crippen LogP contribution in [-0.4, -0.2) is 48.1 Å². The first-order valence-electron chi connectivity index (χ1n) is 11.7. The van der Waals surface area contributed by atoms with Gasteiger partial charge in [0.05, 0.1) is 15.6 Å². The lowest BCUT2D eigenvalue weighted by atomic mass is 10.2. The Morgan fingerprint density at radius 3 is 2.41 bits per heavy atom. The van der Waals surface area contributed by atoms with E-state index >= 15 is 0 Å². The maximum absolute atomic E-state index is 12.9. The second kappa shape index (κ2) is 12.8. The number of halogens is 1. The first-order chi connectivity index (χ1) is 18.7. The Bertz CT molecular complexity index is 1460. The number of carbonyl (C=O) groups excluding carboxylic acids is 4. The minimum Gasteiger partial charge on any atom is -0.493 e. The highest BCUT2D eigenvalue weighted by atomic mass is 127. The first kappa shape index (κ1) is 28.2. The smallest absolute Gasteiger partial charge is 0.294 e. The molecule has 0 aromatic heterocycles. The number of nitrogens with zero attached hydrogens (tertiary/aromatic N) is 1. The summed E-state index contributed by atoms with van der Waals surface area (Å²) in [5, 5.41) is 4.92. The Kier molecular flexibility index (Phi) is 9.25. The normalized spacial score (nSPS) is 13.9. The van der Waals surface area contributed by atoms with Crippen LogP contribution >= 0.6 is 34.4 Å². The number of aryl methyl sites for hydroxylation is 1. The molecule has 1 fully saturated rings. The first-order valence-corrected chi connectivity index (χ1v) is 13.6. The highest BCUT2D eigenvalue weighted by Gasteiger charge is 2.36. The van der Waals surface area contributed by atoms with Gasteiger partial charge in [0, 0.05) is 11.4 Å². The van der Waals surface area contributed by atoms with E-state index in [4.69, 9.17) is 9.47 Å². The Balaban J connectivity index is 1.42. The fourth-order valence-corrected chi connectivity index (χ4v) is 5.29. The van der Waals surface area contributed by atoms with Crippen molar-refractivity contribution in [3.63, 3.8) is 0 Å². The topological polar surface area (TPSA) is 114 Å². The van der Waals surface area contributed by atoms with Crippen LogP contribution in [0.25, 0.3) is 6.08 Å². The van der Waals surface area contributed by atoms with Crippen LogP contribution < -0.4 is 20.1 Å². The van der Waals surface area contributed by atoms with Crippen molar-refractivity contribution >= 4 is 74.8 Å². The summed E-state index contributed by atoms with van der Waals surface area (Å²) >= 11 is 2.80. The lowest BCUT2D eigenvalue weighted by Gasteiger charge is -2.14. The zero-order valence-corrected chi connectivity index (χ0v) is 24.0. The number of carbonyl (C=O) groups is 4.